The summed E-state index contributed by atoms with van der Waals surface area (Å²) in [5.41, 5.74) is -0.318. The van der Waals surface area contributed by atoms with Gasteiger partial charge in [0, 0.05) is 23.1 Å². The van der Waals surface area contributed by atoms with Crippen LogP contribution in [0.3, 0.4) is 0 Å². The second-order valence-electron chi connectivity index (χ2n) is 5.33. The Morgan fingerprint density at radius 2 is 1.75 bits per heavy atom. The Kier molecular flexibility index (Phi) is 6.59. The number of rotatable bonds is 3. The average molecular weight is 320 g/mol. The first kappa shape index (κ1) is 17.1. The van der Waals surface area contributed by atoms with Gasteiger partial charge >= 0.3 is 0 Å². The molecule has 1 fully saturated rings. The van der Waals surface area contributed by atoms with Crippen molar-refractivity contribution in [2.75, 3.05) is 13.1 Å². The van der Waals surface area contributed by atoms with Crippen molar-refractivity contribution in [2.45, 2.75) is 32.5 Å². The van der Waals surface area contributed by atoms with Crippen LogP contribution in [0.5, 0.6) is 5.75 Å². The molecule has 1 aromatic carbocycles. The van der Waals surface area contributed by atoms with E-state index in [0.717, 1.165) is 18.8 Å². The van der Waals surface area contributed by atoms with Gasteiger partial charge in [0.2, 0.25) is 0 Å². The molecule has 1 aliphatic rings. The normalized spacial score (nSPS) is 14.7. The van der Waals surface area contributed by atoms with Crippen LogP contribution in [0.1, 0.15) is 20.8 Å². The fourth-order valence-electron chi connectivity index (χ4n) is 1.28. The summed E-state index contributed by atoms with van der Waals surface area (Å²) in [6, 6.07) is 5.23. The van der Waals surface area contributed by atoms with E-state index in [2.05, 4.69) is 10.1 Å². The lowest BCUT2D eigenvalue weighted by atomic mass is 10.2. The number of hydrogen-bond acceptors (Lipinski definition) is 4. The second kappa shape index (κ2) is 7.72. The zero-order chi connectivity index (χ0) is 15.2. The van der Waals surface area contributed by atoms with Crippen molar-refractivity contribution in [3.8, 4) is 5.75 Å². The molecule has 6 heteroatoms. The van der Waals surface area contributed by atoms with E-state index < -0.39 is 0 Å². The lowest BCUT2D eigenvalue weighted by Crippen LogP contribution is -2.50. The molecule has 0 radical (unpaired) electrons. The molecule has 0 atom stereocenters. The topological polar surface area (TPSA) is 47.6 Å². The smallest absolute Gasteiger partial charge is 0.293 e. The van der Waals surface area contributed by atoms with E-state index >= 15 is 0 Å². The van der Waals surface area contributed by atoms with Crippen molar-refractivity contribution in [2.24, 2.45) is 0 Å². The molecule has 0 bridgehead atoms. The average Bonchev–Trinajstić information content (AvgIpc) is 2.21. The Labute approximate surface area is 129 Å². The first-order valence-corrected chi connectivity index (χ1v) is 7.00. The monoisotopic (exact) mass is 319 g/mol. The first-order valence-electron chi connectivity index (χ1n) is 6.25. The van der Waals surface area contributed by atoms with E-state index in [4.69, 9.17) is 27.9 Å². The predicted octanol–water partition coefficient (Wildman–Crippen LogP) is 3.30. The lowest BCUT2D eigenvalue weighted by Gasteiger charge is -2.27. The van der Waals surface area contributed by atoms with Gasteiger partial charge in [0.25, 0.3) is 6.47 Å². The molecule has 0 unspecified atom stereocenters. The minimum Gasteiger partial charge on any atom is -0.488 e. The third-order valence-electron chi connectivity index (χ3n) is 2.28. The molecule has 0 amide bonds. The standard InChI is InChI=1S/C9H9Cl2NO.C5H10O2/c10-6-1-7(11)3-8(2-6)13-9-4-12-5-9;1-5(2,3)7-4-6/h1-3,9,12H,4-5H2;4H,1-3H3. The van der Waals surface area contributed by atoms with Crippen LogP contribution in [0, 0.1) is 0 Å². The summed E-state index contributed by atoms with van der Waals surface area (Å²) in [4.78, 5) is 9.60. The van der Waals surface area contributed by atoms with Crippen molar-refractivity contribution in [1.82, 2.24) is 5.32 Å². The van der Waals surface area contributed by atoms with Crippen LogP contribution >= 0.6 is 23.2 Å². The number of carbonyl (C=O) groups is 1. The molecular weight excluding hydrogens is 301 g/mol. The van der Waals surface area contributed by atoms with E-state index in [1.54, 1.807) is 18.2 Å². The Bertz CT molecular complexity index is 422. The van der Waals surface area contributed by atoms with Gasteiger partial charge in [0.15, 0.2) is 0 Å². The van der Waals surface area contributed by atoms with Crippen LogP contribution in [-0.4, -0.2) is 31.3 Å². The van der Waals surface area contributed by atoms with Crippen molar-refractivity contribution in [3.05, 3.63) is 28.2 Å². The molecule has 1 aliphatic heterocycles. The highest BCUT2D eigenvalue weighted by Crippen LogP contribution is 2.25. The highest BCUT2D eigenvalue weighted by molar-refractivity contribution is 6.34. The van der Waals surface area contributed by atoms with Gasteiger partial charge in [-0.15, -0.1) is 0 Å². The first-order chi connectivity index (χ1) is 9.30. The van der Waals surface area contributed by atoms with Gasteiger partial charge in [0.05, 0.1) is 0 Å². The fourth-order valence-corrected chi connectivity index (χ4v) is 1.78. The minimum absolute atomic E-state index is 0.259. The largest absolute Gasteiger partial charge is 0.488 e. The number of halogens is 2. The van der Waals surface area contributed by atoms with Gasteiger partial charge in [0.1, 0.15) is 17.5 Å². The van der Waals surface area contributed by atoms with Crippen LogP contribution in [0.2, 0.25) is 10.0 Å². The van der Waals surface area contributed by atoms with E-state index in [0.29, 0.717) is 16.5 Å². The fraction of sp³-hybridized carbons (Fsp3) is 0.500. The molecule has 0 spiro atoms. The molecule has 20 heavy (non-hydrogen) atoms. The maximum atomic E-state index is 9.60. The number of nitrogens with one attached hydrogen (secondary N) is 1. The number of carbonyl (C=O) groups excluding carboxylic acids is 1. The van der Waals surface area contributed by atoms with Gasteiger partial charge in [-0.25, -0.2) is 0 Å². The number of hydrogen-bond donors (Lipinski definition) is 1. The zero-order valence-electron chi connectivity index (χ0n) is 11.8. The van der Waals surface area contributed by atoms with Gasteiger partial charge in [-0.3, -0.25) is 4.79 Å². The molecule has 1 aromatic rings. The molecule has 0 aromatic heterocycles. The summed E-state index contributed by atoms with van der Waals surface area (Å²) in [6.07, 6.45) is 0.259. The Balaban J connectivity index is 0.000000246. The predicted molar refractivity (Wildman–Crippen MR) is 80.6 cm³/mol. The van der Waals surface area contributed by atoms with E-state index in [-0.39, 0.29) is 11.7 Å². The summed E-state index contributed by atoms with van der Waals surface area (Å²) < 4.78 is 10.1. The molecule has 1 saturated heterocycles. The third kappa shape index (κ3) is 6.98. The second-order valence-corrected chi connectivity index (χ2v) is 6.20. The highest BCUT2D eigenvalue weighted by Gasteiger charge is 2.18. The summed E-state index contributed by atoms with van der Waals surface area (Å²) >= 11 is 11.6. The van der Waals surface area contributed by atoms with Gasteiger partial charge < -0.3 is 14.8 Å². The number of benzene rings is 1. The third-order valence-corrected chi connectivity index (χ3v) is 2.72. The van der Waals surface area contributed by atoms with Crippen LogP contribution in [0.15, 0.2) is 18.2 Å². The molecule has 1 heterocycles. The van der Waals surface area contributed by atoms with Crippen LogP contribution < -0.4 is 10.1 Å². The summed E-state index contributed by atoms with van der Waals surface area (Å²) in [6.45, 7) is 7.71. The highest BCUT2D eigenvalue weighted by atomic mass is 35.5. The Hall–Kier alpha value is -0.970. The summed E-state index contributed by atoms with van der Waals surface area (Å²) in [5.74, 6) is 0.740. The lowest BCUT2D eigenvalue weighted by molar-refractivity contribution is -0.138. The van der Waals surface area contributed by atoms with Crippen molar-refractivity contribution in [1.29, 1.82) is 0 Å². The van der Waals surface area contributed by atoms with Crippen LogP contribution in [0.4, 0.5) is 0 Å². The van der Waals surface area contributed by atoms with E-state index in [1.165, 1.54) is 0 Å². The summed E-state index contributed by atoms with van der Waals surface area (Å²) in [7, 11) is 0. The summed E-state index contributed by atoms with van der Waals surface area (Å²) in [5, 5.41) is 4.33. The molecule has 0 saturated carbocycles. The molecule has 4 nitrogen and oxygen atoms in total. The van der Waals surface area contributed by atoms with Crippen molar-refractivity contribution >= 4 is 29.7 Å². The van der Waals surface area contributed by atoms with Gasteiger partial charge in [-0.05, 0) is 39.0 Å². The maximum absolute atomic E-state index is 9.60. The quantitative estimate of drug-likeness (QED) is 0.868. The molecule has 2 rings (SSSR count). The van der Waals surface area contributed by atoms with Gasteiger partial charge in [-0.1, -0.05) is 23.2 Å². The Morgan fingerprint density at radius 1 is 1.20 bits per heavy atom. The molecule has 0 aliphatic carbocycles. The number of ether oxygens (including phenoxy) is 2. The van der Waals surface area contributed by atoms with Crippen LogP contribution in [-0.2, 0) is 9.53 Å². The van der Waals surface area contributed by atoms with Crippen molar-refractivity contribution in [3.63, 3.8) is 0 Å². The van der Waals surface area contributed by atoms with E-state index in [9.17, 15) is 4.79 Å². The molecule has 112 valence electrons. The van der Waals surface area contributed by atoms with Crippen molar-refractivity contribution < 1.29 is 14.3 Å². The maximum Gasteiger partial charge on any atom is 0.293 e. The zero-order valence-corrected chi connectivity index (χ0v) is 13.3. The molecule has 1 N–H and O–H groups in total. The van der Waals surface area contributed by atoms with E-state index in [1.807, 2.05) is 20.8 Å². The van der Waals surface area contributed by atoms with Gasteiger partial charge in [-0.2, -0.15) is 0 Å². The molecular formula is C14H19Cl2NO3. The SMILES string of the molecule is CC(C)(C)OC=O.Clc1cc(Cl)cc(OC2CNC2)c1. The van der Waals surface area contributed by atoms with Crippen LogP contribution in [0.25, 0.3) is 0 Å². The minimum atomic E-state index is -0.318. The Morgan fingerprint density at radius 3 is 2.05 bits per heavy atom.